The number of rotatable bonds is 6. The van der Waals surface area contributed by atoms with Crippen molar-refractivity contribution in [2.45, 2.75) is 13.8 Å². The molecule has 0 radical (unpaired) electrons. The summed E-state index contributed by atoms with van der Waals surface area (Å²) < 4.78 is 0. The third-order valence-electron chi connectivity index (χ3n) is 6.60. The van der Waals surface area contributed by atoms with Crippen molar-refractivity contribution in [3.05, 3.63) is 145 Å². The maximum absolute atomic E-state index is 4.45. The van der Waals surface area contributed by atoms with Crippen LogP contribution in [-0.2, 0) is 0 Å². The highest BCUT2D eigenvalue weighted by atomic mass is 15.2. The summed E-state index contributed by atoms with van der Waals surface area (Å²) in [5.74, 6) is 0. The van der Waals surface area contributed by atoms with Crippen LogP contribution >= 0.6 is 0 Å². The van der Waals surface area contributed by atoms with Crippen molar-refractivity contribution in [1.29, 1.82) is 0 Å². The normalized spacial score (nSPS) is 14.7. The average Bonchev–Trinajstić information content (AvgIpc) is 2.90. The molecular weight excluding hydrogens is 423 g/mol. The van der Waals surface area contributed by atoms with Crippen molar-refractivity contribution in [3.8, 4) is 0 Å². The molecule has 2 aliphatic heterocycles. The van der Waals surface area contributed by atoms with Gasteiger partial charge in [0.05, 0.1) is 0 Å². The summed E-state index contributed by atoms with van der Waals surface area (Å²) in [6.45, 7) is 12.9. The van der Waals surface area contributed by atoms with Crippen LogP contribution < -0.4 is 20.7 Å². The molecule has 35 heavy (non-hydrogen) atoms. The predicted octanol–water partition coefficient (Wildman–Crippen LogP) is 7.10. The van der Waals surface area contributed by atoms with E-state index in [1.165, 1.54) is 27.8 Å². The number of hydrogen-bond donors (Lipinski definition) is 0. The zero-order chi connectivity index (χ0) is 24.4. The Labute approximate surface area is 209 Å². The van der Waals surface area contributed by atoms with E-state index in [9.17, 15) is 0 Å². The van der Waals surface area contributed by atoms with E-state index in [4.69, 9.17) is 0 Å². The maximum Gasteiger partial charge on any atom is 0.252 e. The van der Waals surface area contributed by atoms with Gasteiger partial charge in [0.15, 0.2) is 0 Å². The van der Waals surface area contributed by atoms with Crippen molar-refractivity contribution >= 4 is 40.4 Å². The summed E-state index contributed by atoms with van der Waals surface area (Å²) in [4.78, 5) is 4.63. The summed E-state index contributed by atoms with van der Waals surface area (Å²) in [6, 6.07) is 25.9. The zero-order valence-electron chi connectivity index (χ0n) is 20.4. The lowest BCUT2D eigenvalue weighted by molar-refractivity contribution is 1.13. The van der Waals surface area contributed by atoms with Crippen LogP contribution in [0.4, 0.5) is 22.7 Å². The zero-order valence-corrected chi connectivity index (χ0v) is 20.4. The van der Waals surface area contributed by atoms with Crippen LogP contribution in [0.5, 0.6) is 0 Å². The van der Waals surface area contributed by atoms with E-state index >= 15 is 0 Å². The van der Waals surface area contributed by atoms with Gasteiger partial charge < -0.3 is 9.80 Å². The number of fused-ring (bicyclic) bond motifs is 2. The summed E-state index contributed by atoms with van der Waals surface area (Å²) in [5.41, 5.74) is 10.5. The van der Waals surface area contributed by atoms with Crippen molar-refractivity contribution in [3.63, 3.8) is 0 Å². The minimum atomic E-state index is 0.102. The van der Waals surface area contributed by atoms with E-state index in [2.05, 4.69) is 121 Å². The third kappa shape index (κ3) is 3.70. The molecule has 2 nitrogen and oxygen atoms in total. The Morgan fingerprint density at radius 3 is 2.26 bits per heavy atom. The lowest BCUT2D eigenvalue weighted by Gasteiger charge is -2.44. The average molecular weight is 452 g/mol. The Balaban J connectivity index is 1.84. The first kappa shape index (κ1) is 22.6. The van der Waals surface area contributed by atoms with E-state index < -0.39 is 0 Å². The number of nitrogens with zero attached hydrogens (tertiary/aromatic N) is 2. The molecule has 0 aromatic heterocycles. The Kier molecular flexibility index (Phi) is 6.16. The largest absolute Gasteiger partial charge is 0.312 e. The molecule has 2 heterocycles. The van der Waals surface area contributed by atoms with Gasteiger partial charge in [-0.05, 0) is 72.7 Å². The monoisotopic (exact) mass is 452 g/mol. The summed E-state index contributed by atoms with van der Waals surface area (Å²) in [5, 5.41) is 0. The van der Waals surface area contributed by atoms with Crippen LogP contribution in [0.3, 0.4) is 0 Å². The molecule has 5 rings (SSSR count). The number of benzene rings is 3. The third-order valence-corrected chi connectivity index (χ3v) is 6.60. The second-order valence-electron chi connectivity index (χ2n) is 8.63. The van der Waals surface area contributed by atoms with E-state index in [1.54, 1.807) is 0 Å². The predicted molar refractivity (Wildman–Crippen MR) is 154 cm³/mol. The van der Waals surface area contributed by atoms with Crippen LogP contribution in [0.1, 0.15) is 13.8 Å². The molecule has 3 aromatic carbocycles. The molecule has 0 bridgehead atoms. The molecule has 0 unspecified atom stereocenters. The Morgan fingerprint density at radius 1 is 0.800 bits per heavy atom. The van der Waals surface area contributed by atoms with Crippen LogP contribution in [0, 0.1) is 0 Å². The highest BCUT2D eigenvalue weighted by Crippen LogP contribution is 2.42. The van der Waals surface area contributed by atoms with E-state index in [0.29, 0.717) is 0 Å². The smallest absolute Gasteiger partial charge is 0.252 e. The molecule has 170 valence electrons. The summed E-state index contributed by atoms with van der Waals surface area (Å²) in [7, 11) is 0. The first-order valence-electron chi connectivity index (χ1n) is 12.1. The van der Waals surface area contributed by atoms with Gasteiger partial charge in [-0.15, -0.1) is 0 Å². The molecule has 0 saturated carbocycles. The molecule has 0 spiro atoms. The van der Waals surface area contributed by atoms with E-state index in [1.807, 2.05) is 31.2 Å². The molecule has 0 fully saturated rings. The van der Waals surface area contributed by atoms with Crippen molar-refractivity contribution in [2.24, 2.45) is 0 Å². The molecule has 2 aliphatic rings. The number of anilines is 4. The van der Waals surface area contributed by atoms with Gasteiger partial charge >= 0.3 is 0 Å². The highest BCUT2D eigenvalue weighted by Gasteiger charge is 2.42. The van der Waals surface area contributed by atoms with E-state index in [0.717, 1.165) is 22.8 Å². The molecule has 0 amide bonds. The fraction of sp³-hybridized carbons (Fsp3) is 0.0625. The first-order chi connectivity index (χ1) is 17.2. The lowest BCUT2D eigenvalue weighted by atomic mass is 9.33. The first-order valence-corrected chi connectivity index (χ1v) is 12.1. The van der Waals surface area contributed by atoms with Gasteiger partial charge in [-0.1, -0.05) is 86.0 Å². The van der Waals surface area contributed by atoms with Gasteiger partial charge in [0, 0.05) is 34.1 Å². The molecule has 0 atom stereocenters. The Morgan fingerprint density at radius 2 is 1.51 bits per heavy atom. The molecule has 0 N–H and O–H groups in total. The standard InChI is InChI=1S/C32H29BN2/c1-5-8-10-17-24(4)34-28(7-3)26(16-6-2)33-27-20-13-14-21-29(27)35(25-18-11-9-12-19-25)31-23-15-22-30(34)32(31)33/h5-23H,3-4H2,1-2H3/b8-5-,16-6-,17-10-. The topological polar surface area (TPSA) is 6.48 Å². The number of allylic oxidation sites excluding steroid dienone is 8. The highest BCUT2D eigenvalue weighted by molar-refractivity contribution is 6.95. The summed E-state index contributed by atoms with van der Waals surface area (Å²) in [6.07, 6.45) is 14.4. The van der Waals surface area contributed by atoms with Gasteiger partial charge in [0.2, 0.25) is 0 Å². The van der Waals surface area contributed by atoms with Gasteiger partial charge in [-0.2, -0.15) is 0 Å². The fourth-order valence-corrected chi connectivity index (χ4v) is 5.26. The van der Waals surface area contributed by atoms with Gasteiger partial charge in [-0.25, -0.2) is 0 Å². The molecular formula is C32H29BN2. The SMILES string of the molecule is C=CC1=C(/C=C\C)B2c3ccccc3N(c3ccccc3)c3cccc(c32)N1C(=C)/C=C\C=C/C. The molecule has 3 aromatic rings. The fourth-order valence-electron chi connectivity index (χ4n) is 5.26. The summed E-state index contributed by atoms with van der Waals surface area (Å²) >= 11 is 0. The maximum atomic E-state index is 4.45. The second kappa shape index (κ2) is 9.56. The van der Waals surface area contributed by atoms with Gasteiger partial charge in [0.25, 0.3) is 6.71 Å². The Bertz CT molecular complexity index is 1410. The minimum Gasteiger partial charge on any atom is -0.312 e. The second-order valence-corrected chi connectivity index (χ2v) is 8.63. The van der Waals surface area contributed by atoms with Crippen LogP contribution in [-0.4, -0.2) is 6.71 Å². The number of para-hydroxylation sites is 2. The van der Waals surface area contributed by atoms with Crippen LogP contribution in [0.25, 0.3) is 0 Å². The lowest BCUT2D eigenvalue weighted by Crippen LogP contribution is -2.56. The van der Waals surface area contributed by atoms with E-state index in [-0.39, 0.29) is 6.71 Å². The van der Waals surface area contributed by atoms with Crippen molar-refractivity contribution < 1.29 is 0 Å². The van der Waals surface area contributed by atoms with Crippen molar-refractivity contribution in [1.82, 2.24) is 0 Å². The van der Waals surface area contributed by atoms with Gasteiger partial charge in [-0.3, -0.25) is 0 Å². The van der Waals surface area contributed by atoms with Crippen LogP contribution in [0.2, 0.25) is 0 Å². The van der Waals surface area contributed by atoms with Crippen LogP contribution in [0.15, 0.2) is 145 Å². The van der Waals surface area contributed by atoms with Crippen molar-refractivity contribution in [2.75, 3.05) is 9.80 Å². The molecule has 0 saturated heterocycles. The minimum absolute atomic E-state index is 0.102. The van der Waals surface area contributed by atoms with Gasteiger partial charge in [0.1, 0.15) is 0 Å². The number of hydrogen-bond acceptors (Lipinski definition) is 2. The molecule has 0 aliphatic carbocycles. The molecule has 3 heteroatoms. The Hall–Kier alpha value is -4.24. The quantitative estimate of drug-likeness (QED) is 0.291.